The van der Waals surface area contributed by atoms with Gasteiger partial charge in [0, 0.05) is 6.42 Å². The Morgan fingerprint density at radius 3 is 2.69 bits per heavy atom. The van der Waals surface area contributed by atoms with E-state index in [0.717, 1.165) is 12.1 Å². The number of alkyl halides is 3. The minimum Gasteiger partial charge on any atom is -0.497 e. The Morgan fingerprint density at radius 2 is 2.04 bits per heavy atom. The van der Waals surface area contributed by atoms with Gasteiger partial charge in [0.15, 0.2) is 0 Å². The van der Waals surface area contributed by atoms with Crippen molar-refractivity contribution in [3.8, 4) is 5.75 Å². The van der Waals surface area contributed by atoms with Crippen LogP contribution in [0.5, 0.6) is 5.75 Å². The number of carboxylic acid groups (broad SMARTS) is 1. The number of rotatable bonds is 6. The van der Waals surface area contributed by atoms with Crippen molar-refractivity contribution in [2.45, 2.75) is 12.6 Å². The molecule has 0 fully saturated rings. The lowest BCUT2D eigenvalue weighted by Crippen LogP contribution is -2.05. The molecule has 0 aliphatic heterocycles. The molecule has 0 radical (unpaired) electrons. The number of hydrogen-bond donors (Lipinski definition) is 2. The first-order chi connectivity index (χ1) is 12.3. The molecule has 0 aliphatic rings. The van der Waals surface area contributed by atoms with Crippen molar-refractivity contribution in [1.82, 2.24) is 0 Å². The van der Waals surface area contributed by atoms with Crippen LogP contribution in [0.1, 0.15) is 21.5 Å². The fourth-order valence-electron chi connectivity index (χ4n) is 2.12. The second kappa shape index (κ2) is 8.57. The predicted molar refractivity (Wildman–Crippen MR) is 98.4 cm³/mol. The van der Waals surface area contributed by atoms with E-state index >= 15 is 0 Å². The number of anilines is 1. The van der Waals surface area contributed by atoms with Gasteiger partial charge in [0.1, 0.15) is 5.75 Å². The summed E-state index contributed by atoms with van der Waals surface area (Å²) in [6.07, 6.45) is -4.03. The minimum absolute atomic E-state index is 0.0547. The van der Waals surface area contributed by atoms with Crippen molar-refractivity contribution in [2.24, 2.45) is 0 Å². The molecule has 0 spiro atoms. The molecule has 0 heterocycles. The van der Waals surface area contributed by atoms with Crippen LogP contribution in [0.15, 0.2) is 42.5 Å². The first-order valence-electron chi connectivity index (χ1n) is 7.44. The Bertz CT molecular complexity index is 859. The number of aromatic carboxylic acids is 1. The average Bonchev–Trinajstić information content (AvgIpc) is 2.61. The van der Waals surface area contributed by atoms with Crippen LogP contribution in [0, 0.1) is 0 Å². The predicted octanol–water partition coefficient (Wildman–Crippen LogP) is 4.36. The lowest BCUT2D eigenvalue weighted by molar-refractivity contribution is -0.137. The molecule has 138 valence electrons. The van der Waals surface area contributed by atoms with E-state index in [1.807, 2.05) is 0 Å². The van der Waals surface area contributed by atoms with Gasteiger partial charge in [-0.05, 0) is 35.2 Å². The van der Waals surface area contributed by atoms with Gasteiger partial charge in [-0.3, -0.25) is 0 Å². The maximum atomic E-state index is 12.7. The summed E-state index contributed by atoms with van der Waals surface area (Å²) in [5.41, 5.74) is 1.86. The van der Waals surface area contributed by atoms with Crippen LogP contribution in [0.3, 0.4) is 0 Å². The maximum Gasteiger partial charge on any atom is 0.416 e. The van der Waals surface area contributed by atoms with Gasteiger partial charge in [-0.1, -0.05) is 18.2 Å². The molecular formula is C18H16F3NO3S. The number of carbonyl (C=O) groups is 1. The monoisotopic (exact) mass is 383 g/mol. The van der Waals surface area contributed by atoms with E-state index in [0.29, 0.717) is 23.4 Å². The SMILES string of the molecule is COc1ccc(NC=S=CCc2cccc(C(F)(F)F)c2)c(C(=O)O)c1. The molecule has 0 saturated carbocycles. The summed E-state index contributed by atoms with van der Waals surface area (Å²) in [4.78, 5) is 11.3. The number of halogens is 3. The van der Waals surface area contributed by atoms with Crippen LogP contribution < -0.4 is 10.1 Å². The molecule has 0 amide bonds. The summed E-state index contributed by atoms with van der Waals surface area (Å²) in [7, 11) is 2.66. The summed E-state index contributed by atoms with van der Waals surface area (Å²) in [5, 5.41) is 13.8. The third kappa shape index (κ3) is 5.38. The van der Waals surface area contributed by atoms with Gasteiger partial charge < -0.3 is 15.2 Å². The van der Waals surface area contributed by atoms with Gasteiger partial charge in [0.2, 0.25) is 0 Å². The number of carboxylic acids is 1. The molecule has 8 heteroatoms. The Kier molecular flexibility index (Phi) is 6.46. The zero-order chi connectivity index (χ0) is 19.2. The smallest absolute Gasteiger partial charge is 0.416 e. The van der Waals surface area contributed by atoms with Crippen molar-refractivity contribution in [3.05, 3.63) is 59.2 Å². The molecule has 0 atom stereocenters. The molecule has 26 heavy (non-hydrogen) atoms. The van der Waals surface area contributed by atoms with Crippen molar-refractivity contribution < 1.29 is 27.8 Å². The molecule has 0 aliphatic carbocycles. The molecule has 2 aromatic carbocycles. The molecule has 4 nitrogen and oxygen atoms in total. The molecule has 0 unspecified atom stereocenters. The Labute approximate surface area is 151 Å². The van der Waals surface area contributed by atoms with E-state index in [2.05, 4.69) is 5.32 Å². The Hall–Kier alpha value is -2.74. The third-order valence-electron chi connectivity index (χ3n) is 3.41. The van der Waals surface area contributed by atoms with E-state index in [4.69, 9.17) is 4.74 Å². The summed E-state index contributed by atoms with van der Waals surface area (Å²) in [6, 6.07) is 9.72. The van der Waals surface area contributed by atoms with Crippen LogP contribution in [0.4, 0.5) is 18.9 Å². The second-order valence-electron chi connectivity index (χ2n) is 5.18. The normalized spacial score (nSPS) is 10.8. The van der Waals surface area contributed by atoms with E-state index in [-0.39, 0.29) is 5.56 Å². The van der Waals surface area contributed by atoms with Gasteiger partial charge in [0.05, 0.1) is 29.4 Å². The zero-order valence-electron chi connectivity index (χ0n) is 13.7. The lowest BCUT2D eigenvalue weighted by atomic mass is 10.1. The summed E-state index contributed by atoms with van der Waals surface area (Å²) >= 11 is 0. The highest BCUT2D eigenvalue weighted by Crippen LogP contribution is 2.29. The molecule has 2 aromatic rings. The molecule has 2 rings (SSSR count). The quantitative estimate of drug-likeness (QED) is 0.728. The Morgan fingerprint density at radius 1 is 1.27 bits per heavy atom. The van der Waals surface area contributed by atoms with Crippen LogP contribution in [0.25, 0.3) is 0 Å². The number of benzene rings is 2. The zero-order valence-corrected chi connectivity index (χ0v) is 14.5. The van der Waals surface area contributed by atoms with E-state index in [1.54, 1.807) is 29.1 Å². The van der Waals surface area contributed by atoms with Gasteiger partial charge in [-0.15, -0.1) is 10.9 Å². The van der Waals surface area contributed by atoms with Crippen LogP contribution in [-0.4, -0.2) is 29.0 Å². The van der Waals surface area contributed by atoms with E-state index in [1.165, 1.54) is 30.2 Å². The van der Waals surface area contributed by atoms with Gasteiger partial charge in [-0.25, -0.2) is 4.79 Å². The summed E-state index contributed by atoms with van der Waals surface area (Å²) in [5.74, 6) is -0.672. The highest BCUT2D eigenvalue weighted by atomic mass is 32.1. The van der Waals surface area contributed by atoms with Crippen molar-refractivity contribution in [1.29, 1.82) is 0 Å². The molecule has 0 saturated heterocycles. The standard InChI is InChI=1S/C18H16F3NO3S/c1-25-14-5-6-16(15(10-14)17(23)24)22-11-26-8-7-12-3-2-4-13(9-12)18(19,20)21/h2-6,8-11,22H,7H2,1H3,(H,23,24). The van der Waals surface area contributed by atoms with Gasteiger partial charge in [-0.2, -0.15) is 13.2 Å². The Balaban J connectivity index is 2.06. The van der Waals surface area contributed by atoms with Crippen LogP contribution in [0.2, 0.25) is 0 Å². The minimum atomic E-state index is -4.36. The number of hydrogen-bond acceptors (Lipinski definition) is 2. The van der Waals surface area contributed by atoms with E-state index in [9.17, 15) is 23.1 Å². The lowest BCUT2D eigenvalue weighted by Gasteiger charge is -2.07. The van der Waals surface area contributed by atoms with Crippen molar-refractivity contribution in [2.75, 3.05) is 12.4 Å². The first kappa shape index (κ1) is 19.6. The van der Waals surface area contributed by atoms with Gasteiger partial charge in [0.25, 0.3) is 0 Å². The first-order valence-corrected chi connectivity index (χ1v) is 8.38. The fraction of sp³-hybridized carbons (Fsp3) is 0.167. The summed E-state index contributed by atoms with van der Waals surface area (Å²) < 4.78 is 43.0. The third-order valence-corrected chi connectivity index (χ3v) is 4.02. The molecule has 0 aromatic heterocycles. The van der Waals surface area contributed by atoms with E-state index < -0.39 is 17.7 Å². The highest BCUT2D eigenvalue weighted by Gasteiger charge is 2.30. The van der Waals surface area contributed by atoms with Crippen LogP contribution >= 0.6 is 10.9 Å². The topological polar surface area (TPSA) is 58.6 Å². The van der Waals surface area contributed by atoms with Gasteiger partial charge >= 0.3 is 12.1 Å². The molecule has 2 N–H and O–H groups in total. The molecule has 0 bridgehead atoms. The molecular weight excluding hydrogens is 367 g/mol. The fourth-order valence-corrected chi connectivity index (χ4v) is 2.70. The number of ether oxygens (including phenoxy) is 1. The number of methoxy groups -OCH3 is 1. The average molecular weight is 383 g/mol. The summed E-state index contributed by atoms with van der Waals surface area (Å²) in [6.45, 7) is 0. The maximum absolute atomic E-state index is 12.7. The highest BCUT2D eigenvalue weighted by molar-refractivity contribution is 7.96. The van der Waals surface area contributed by atoms with Crippen molar-refractivity contribution in [3.63, 3.8) is 0 Å². The number of nitrogens with one attached hydrogen (secondary N) is 1. The van der Waals surface area contributed by atoms with Crippen molar-refractivity contribution >= 4 is 33.5 Å². The van der Waals surface area contributed by atoms with Crippen LogP contribution in [-0.2, 0) is 12.6 Å². The second-order valence-corrected chi connectivity index (χ2v) is 6.03. The largest absolute Gasteiger partial charge is 0.497 e.